The highest BCUT2D eigenvalue weighted by Crippen LogP contribution is 2.29. The summed E-state index contributed by atoms with van der Waals surface area (Å²) in [5.41, 5.74) is 2.31. The van der Waals surface area contributed by atoms with Crippen LogP contribution in [0.15, 0.2) is 53.4 Å². The highest BCUT2D eigenvalue weighted by atomic mass is 32.2. The zero-order chi connectivity index (χ0) is 13.8. The Hall–Kier alpha value is -1.68. The monoisotopic (exact) mass is 278 g/mol. The molecule has 0 N–H and O–H groups in total. The van der Waals surface area contributed by atoms with Crippen LogP contribution in [0.2, 0.25) is 0 Å². The van der Waals surface area contributed by atoms with Crippen molar-refractivity contribution in [1.29, 1.82) is 0 Å². The van der Waals surface area contributed by atoms with Crippen molar-refractivity contribution in [2.24, 2.45) is 0 Å². The third-order valence-electron chi connectivity index (χ3n) is 2.70. The van der Waals surface area contributed by atoms with Gasteiger partial charge in [0.25, 0.3) is 5.76 Å². The number of alkyl halides is 2. The Kier molecular flexibility index (Phi) is 4.32. The molecule has 0 bridgehead atoms. The van der Waals surface area contributed by atoms with Crippen molar-refractivity contribution in [2.75, 3.05) is 0 Å². The number of hydrogen-bond acceptors (Lipinski definition) is 2. The van der Waals surface area contributed by atoms with Gasteiger partial charge in [0, 0.05) is 10.5 Å². The minimum absolute atomic E-state index is 0.0124. The summed E-state index contributed by atoms with van der Waals surface area (Å²) >= 11 is 0.513. The van der Waals surface area contributed by atoms with Gasteiger partial charge >= 0.3 is 0 Å². The first-order valence-electron chi connectivity index (χ1n) is 5.73. The highest BCUT2D eigenvalue weighted by molar-refractivity contribution is 7.99. The van der Waals surface area contributed by atoms with Crippen molar-refractivity contribution in [2.45, 2.75) is 17.6 Å². The number of carbonyl (C=O) groups excluding carboxylic acids is 1. The maximum atomic E-state index is 12.2. The highest BCUT2D eigenvalue weighted by Gasteiger charge is 2.09. The molecule has 0 aliphatic carbocycles. The number of rotatable bonds is 4. The van der Waals surface area contributed by atoms with Crippen LogP contribution in [-0.4, -0.2) is 11.5 Å². The van der Waals surface area contributed by atoms with E-state index in [4.69, 9.17) is 0 Å². The van der Waals surface area contributed by atoms with E-state index in [0.29, 0.717) is 22.2 Å². The molecule has 2 aromatic carbocycles. The number of hydrogen-bond donors (Lipinski definition) is 0. The molecular weight excluding hydrogens is 266 g/mol. The first kappa shape index (κ1) is 13.7. The molecule has 0 fully saturated rings. The number of ketones is 1. The van der Waals surface area contributed by atoms with E-state index < -0.39 is 5.76 Å². The summed E-state index contributed by atoms with van der Waals surface area (Å²) < 4.78 is 24.5. The normalized spacial score (nSPS) is 10.7. The van der Waals surface area contributed by atoms with Crippen LogP contribution in [0.4, 0.5) is 8.78 Å². The van der Waals surface area contributed by atoms with E-state index in [2.05, 4.69) is 0 Å². The smallest absolute Gasteiger partial charge is 0.288 e. The van der Waals surface area contributed by atoms with Gasteiger partial charge in [0.1, 0.15) is 0 Å². The fourth-order valence-corrected chi connectivity index (χ4v) is 2.36. The molecule has 0 amide bonds. The summed E-state index contributed by atoms with van der Waals surface area (Å²) in [5, 5.41) is 0. The molecule has 98 valence electrons. The lowest BCUT2D eigenvalue weighted by Crippen LogP contribution is -1.95. The maximum absolute atomic E-state index is 12.2. The van der Waals surface area contributed by atoms with Crippen LogP contribution in [0.5, 0.6) is 0 Å². The third kappa shape index (κ3) is 3.41. The van der Waals surface area contributed by atoms with E-state index in [0.717, 1.165) is 11.1 Å². The van der Waals surface area contributed by atoms with E-state index in [1.54, 1.807) is 36.4 Å². The van der Waals surface area contributed by atoms with E-state index >= 15 is 0 Å². The quantitative estimate of drug-likeness (QED) is 0.586. The summed E-state index contributed by atoms with van der Waals surface area (Å²) in [5.74, 6) is -2.43. The first-order chi connectivity index (χ1) is 9.08. The molecule has 0 unspecified atom stereocenters. The topological polar surface area (TPSA) is 17.1 Å². The van der Waals surface area contributed by atoms with Gasteiger partial charge in [-0.25, -0.2) is 0 Å². The molecule has 0 aliphatic rings. The second-order valence-corrected chi connectivity index (χ2v) is 5.07. The van der Waals surface area contributed by atoms with Crippen molar-refractivity contribution in [3.8, 4) is 11.1 Å². The van der Waals surface area contributed by atoms with Crippen LogP contribution in [0.3, 0.4) is 0 Å². The molecule has 1 nitrogen and oxygen atoms in total. The minimum atomic E-state index is -2.42. The predicted molar refractivity (Wildman–Crippen MR) is 73.7 cm³/mol. The number of thioether (sulfide) groups is 1. The minimum Gasteiger partial charge on any atom is -0.294 e. The molecule has 0 spiro atoms. The number of halogens is 2. The summed E-state index contributed by atoms with van der Waals surface area (Å²) in [4.78, 5) is 12.1. The van der Waals surface area contributed by atoms with E-state index in [1.807, 2.05) is 12.1 Å². The fourth-order valence-electron chi connectivity index (χ4n) is 1.86. The van der Waals surface area contributed by atoms with Crippen molar-refractivity contribution in [1.82, 2.24) is 0 Å². The van der Waals surface area contributed by atoms with Gasteiger partial charge in [0.2, 0.25) is 0 Å². The van der Waals surface area contributed by atoms with Crippen LogP contribution in [0.1, 0.15) is 17.3 Å². The second-order valence-electron chi connectivity index (χ2n) is 4.00. The second kappa shape index (κ2) is 5.97. The van der Waals surface area contributed by atoms with E-state index in [-0.39, 0.29) is 5.78 Å². The molecule has 2 aromatic rings. The SMILES string of the molecule is CC(=O)c1ccccc1-c1ccc(SC(F)F)cc1. The van der Waals surface area contributed by atoms with Crippen molar-refractivity contribution < 1.29 is 13.6 Å². The Balaban J connectivity index is 2.35. The predicted octanol–water partition coefficient (Wildman–Crippen LogP) is 4.87. The molecule has 0 atom stereocenters. The van der Waals surface area contributed by atoms with Crippen LogP contribution < -0.4 is 0 Å². The summed E-state index contributed by atoms with van der Waals surface area (Å²) in [7, 11) is 0. The largest absolute Gasteiger partial charge is 0.294 e. The average Bonchev–Trinajstić information content (AvgIpc) is 2.39. The lowest BCUT2D eigenvalue weighted by Gasteiger charge is -2.08. The number of benzene rings is 2. The molecule has 0 saturated carbocycles. The average molecular weight is 278 g/mol. The summed E-state index contributed by atoms with van der Waals surface area (Å²) in [6, 6.07) is 14.1. The zero-order valence-electron chi connectivity index (χ0n) is 10.3. The Bertz CT molecular complexity index is 579. The molecule has 0 aliphatic heterocycles. The van der Waals surface area contributed by atoms with Gasteiger partial charge in [-0.2, -0.15) is 8.78 Å². The molecule has 4 heteroatoms. The number of Topliss-reactive ketones (excluding diaryl/α,β-unsaturated/α-hetero) is 1. The van der Waals surface area contributed by atoms with Crippen LogP contribution in [0, 0.1) is 0 Å². The third-order valence-corrected chi connectivity index (χ3v) is 3.42. The zero-order valence-corrected chi connectivity index (χ0v) is 11.1. The molecule has 0 aromatic heterocycles. The molecule has 2 rings (SSSR count). The van der Waals surface area contributed by atoms with Gasteiger partial charge in [-0.15, -0.1) is 0 Å². The molecular formula is C15H12F2OS. The standard InChI is InChI=1S/C15H12F2OS/c1-10(18)13-4-2-3-5-14(13)11-6-8-12(9-7-11)19-15(16)17/h2-9,15H,1H3. The van der Waals surface area contributed by atoms with Gasteiger partial charge < -0.3 is 0 Å². The van der Waals surface area contributed by atoms with Gasteiger partial charge in [0.05, 0.1) is 0 Å². The lowest BCUT2D eigenvalue weighted by molar-refractivity contribution is 0.101. The van der Waals surface area contributed by atoms with Gasteiger partial charge in [-0.1, -0.05) is 48.2 Å². The fraction of sp³-hybridized carbons (Fsp3) is 0.133. The van der Waals surface area contributed by atoms with Crippen molar-refractivity contribution in [3.63, 3.8) is 0 Å². The molecule has 19 heavy (non-hydrogen) atoms. The van der Waals surface area contributed by atoms with Gasteiger partial charge in [-0.05, 0) is 30.2 Å². The van der Waals surface area contributed by atoms with Crippen LogP contribution in [0.25, 0.3) is 11.1 Å². The van der Waals surface area contributed by atoms with Gasteiger partial charge in [0.15, 0.2) is 5.78 Å². The van der Waals surface area contributed by atoms with Crippen molar-refractivity contribution in [3.05, 3.63) is 54.1 Å². The number of carbonyl (C=O) groups is 1. The van der Waals surface area contributed by atoms with Crippen LogP contribution >= 0.6 is 11.8 Å². The molecule has 0 saturated heterocycles. The Labute approximate surface area is 114 Å². The van der Waals surface area contributed by atoms with Gasteiger partial charge in [-0.3, -0.25) is 4.79 Å². The van der Waals surface area contributed by atoms with E-state index in [9.17, 15) is 13.6 Å². The Morgan fingerprint density at radius 3 is 2.26 bits per heavy atom. The Morgan fingerprint density at radius 1 is 1.05 bits per heavy atom. The summed E-state index contributed by atoms with van der Waals surface area (Å²) in [6.07, 6.45) is 0. The summed E-state index contributed by atoms with van der Waals surface area (Å²) in [6.45, 7) is 1.51. The maximum Gasteiger partial charge on any atom is 0.288 e. The lowest BCUT2D eigenvalue weighted by atomic mass is 9.98. The van der Waals surface area contributed by atoms with Crippen LogP contribution in [-0.2, 0) is 0 Å². The molecule has 0 heterocycles. The van der Waals surface area contributed by atoms with E-state index in [1.165, 1.54) is 6.92 Å². The first-order valence-corrected chi connectivity index (χ1v) is 6.61. The Morgan fingerprint density at radius 2 is 1.68 bits per heavy atom. The molecule has 0 radical (unpaired) electrons. The van der Waals surface area contributed by atoms with Crippen molar-refractivity contribution >= 4 is 17.5 Å².